The molecule has 2 nitrogen and oxygen atoms in total. The van der Waals surface area contributed by atoms with Gasteiger partial charge in [0.1, 0.15) is 4.48 Å². The Kier molecular flexibility index (Phi) is 8.36. The van der Waals surface area contributed by atoms with Crippen molar-refractivity contribution in [3.05, 3.63) is 10.6 Å². The molecule has 0 aromatic rings. The summed E-state index contributed by atoms with van der Waals surface area (Å²) in [5, 5.41) is 0. The van der Waals surface area contributed by atoms with E-state index < -0.39 is 0 Å². The Balaban J connectivity index is 3.95. The number of carbonyl (C=O) groups is 1. The Morgan fingerprint density at radius 2 is 2.21 bits per heavy atom. The van der Waals surface area contributed by atoms with Crippen molar-refractivity contribution < 1.29 is 9.53 Å². The third-order valence-corrected chi connectivity index (χ3v) is 1.98. The first-order valence-electron chi connectivity index (χ1n) is 4.73. The van der Waals surface area contributed by atoms with Gasteiger partial charge in [-0.2, -0.15) is 0 Å². The van der Waals surface area contributed by atoms with E-state index in [9.17, 15) is 4.79 Å². The minimum Gasteiger partial charge on any atom is -0.462 e. The number of rotatable bonds is 4. The van der Waals surface area contributed by atoms with Gasteiger partial charge in [-0.1, -0.05) is 25.2 Å². The van der Waals surface area contributed by atoms with Gasteiger partial charge in [-0.05, 0) is 29.3 Å². The highest BCUT2D eigenvalue weighted by Gasteiger charge is 2.03. The number of allylic oxidation sites excluding steroid dienone is 1. The lowest BCUT2D eigenvalue weighted by molar-refractivity contribution is -0.137. The number of carbonyl (C=O) groups excluding carboxylic acids is 1. The molecule has 0 atom stereocenters. The predicted octanol–water partition coefficient (Wildman–Crippen LogP) is 3.02. The summed E-state index contributed by atoms with van der Waals surface area (Å²) in [4.78, 5) is 11.1. The van der Waals surface area contributed by atoms with E-state index in [0.717, 1.165) is 19.3 Å². The number of unbranched alkanes of at least 4 members (excludes halogenated alkanes) is 2. The lowest BCUT2D eigenvalue weighted by Gasteiger charge is -1.96. The third kappa shape index (κ3) is 6.73. The van der Waals surface area contributed by atoms with Crippen molar-refractivity contribution in [1.29, 1.82) is 0 Å². The maximum absolute atomic E-state index is 11.1. The molecular formula is C11H15BrO2. The SMILES string of the molecule is CCCCC#C/C=C(/Br)C(=O)OCC. The molecule has 0 aromatic heterocycles. The summed E-state index contributed by atoms with van der Waals surface area (Å²) in [6, 6.07) is 0. The van der Waals surface area contributed by atoms with E-state index in [-0.39, 0.29) is 5.97 Å². The van der Waals surface area contributed by atoms with Crippen LogP contribution < -0.4 is 0 Å². The molecular weight excluding hydrogens is 244 g/mol. The normalized spacial score (nSPS) is 10.4. The molecule has 0 N–H and O–H groups in total. The monoisotopic (exact) mass is 258 g/mol. The molecule has 0 radical (unpaired) electrons. The Labute approximate surface area is 93.8 Å². The molecule has 78 valence electrons. The number of halogens is 1. The summed E-state index contributed by atoms with van der Waals surface area (Å²) >= 11 is 3.10. The van der Waals surface area contributed by atoms with Crippen LogP contribution in [0.2, 0.25) is 0 Å². The van der Waals surface area contributed by atoms with Gasteiger partial charge in [0.2, 0.25) is 0 Å². The summed E-state index contributed by atoms with van der Waals surface area (Å²) in [6.07, 6.45) is 4.64. The minimum atomic E-state index is -0.364. The van der Waals surface area contributed by atoms with Gasteiger partial charge in [-0.25, -0.2) is 4.79 Å². The van der Waals surface area contributed by atoms with Gasteiger partial charge >= 0.3 is 5.97 Å². The average molecular weight is 259 g/mol. The van der Waals surface area contributed by atoms with Crippen molar-refractivity contribution in [3.63, 3.8) is 0 Å². The van der Waals surface area contributed by atoms with Crippen molar-refractivity contribution in [2.75, 3.05) is 6.61 Å². The smallest absolute Gasteiger partial charge is 0.345 e. The fraction of sp³-hybridized carbons (Fsp3) is 0.545. The average Bonchev–Trinajstić information content (AvgIpc) is 2.17. The van der Waals surface area contributed by atoms with Crippen LogP contribution in [-0.2, 0) is 9.53 Å². The molecule has 0 aromatic carbocycles. The van der Waals surface area contributed by atoms with Crippen LogP contribution in [0.4, 0.5) is 0 Å². The molecule has 14 heavy (non-hydrogen) atoms. The second-order valence-electron chi connectivity index (χ2n) is 2.64. The highest BCUT2D eigenvalue weighted by atomic mass is 79.9. The Morgan fingerprint density at radius 1 is 1.50 bits per heavy atom. The van der Waals surface area contributed by atoms with E-state index in [4.69, 9.17) is 4.74 Å². The molecule has 0 saturated heterocycles. The van der Waals surface area contributed by atoms with Gasteiger partial charge in [0.05, 0.1) is 6.61 Å². The van der Waals surface area contributed by atoms with Gasteiger partial charge in [0.25, 0.3) is 0 Å². The number of hydrogen-bond donors (Lipinski definition) is 0. The summed E-state index contributed by atoms with van der Waals surface area (Å²) in [6.45, 7) is 4.27. The molecule has 3 heteroatoms. The molecule has 0 unspecified atom stereocenters. The van der Waals surface area contributed by atoms with E-state index in [2.05, 4.69) is 34.7 Å². The minimum absolute atomic E-state index is 0.364. The first-order valence-corrected chi connectivity index (χ1v) is 5.52. The zero-order valence-corrected chi connectivity index (χ0v) is 10.2. The molecule has 0 bridgehead atoms. The molecule has 0 spiro atoms. The van der Waals surface area contributed by atoms with Crippen molar-refractivity contribution in [2.24, 2.45) is 0 Å². The maximum atomic E-state index is 11.1. The zero-order valence-electron chi connectivity index (χ0n) is 8.60. The van der Waals surface area contributed by atoms with Crippen molar-refractivity contribution in [2.45, 2.75) is 33.1 Å². The molecule has 0 aliphatic rings. The van der Waals surface area contributed by atoms with Gasteiger partial charge in [0.15, 0.2) is 0 Å². The first kappa shape index (κ1) is 13.2. The van der Waals surface area contributed by atoms with Gasteiger partial charge in [0, 0.05) is 12.5 Å². The second kappa shape index (κ2) is 8.83. The quantitative estimate of drug-likeness (QED) is 0.336. The van der Waals surface area contributed by atoms with Crippen LogP contribution in [0.15, 0.2) is 10.6 Å². The summed E-state index contributed by atoms with van der Waals surface area (Å²) in [5.74, 6) is 5.39. The van der Waals surface area contributed by atoms with E-state index in [1.54, 1.807) is 6.92 Å². The number of hydrogen-bond acceptors (Lipinski definition) is 2. The van der Waals surface area contributed by atoms with E-state index in [0.29, 0.717) is 11.1 Å². The standard InChI is InChI=1S/C11H15BrO2/c1-3-5-6-7-8-9-10(12)11(13)14-4-2/h9H,3-6H2,1-2H3/b10-9+. The first-order chi connectivity index (χ1) is 6.72. The Hall–Kier alpha value is -0.750. The van der Waals surface area contributed by atoms with E-state index in [1.165, 1.54) is 6.08 Å². The topological polar surface area (TPSA) is 26.3 Å². The van der Waals surface area contributed by atoms with Crippen molar-refractivity contribution >= 4 is 21.9 Å². The van der Waals surface area contributed by atoms with Gasteiger partial charge < -0.3 is 4.74 Å². The summed E-state index contributed by atoms with van der Waals surface area (Å²) in [7, 11) is 0. The van der Waals surface area contributed by atoms with Crippen LogP contribution >= 0.6 is 15.9 Å². The van der Waals surface area contributed by atoms with Crippen molar-refractivity contribution in [3.8, 4) is 11.8 Å². The lowest BCUT2D eigenvalue weighted by atomic mass is 10.2. The molecule has 0 heterocycles. The van der Waals surface area contributed by atoms with Crippen LogP contribution in [-0.4, -0.2) is 12.6 Å². The molecule has 0 aliphatic heterocycles. The number of esters is 1. The maximum Gasteiger partial charge on any atom is 0.345 e. The molecule has 0 fully saturated rings. The fourth-order valence-electron chi connectivity index (χ4n) is 0.711. The Morgan fingerprint density at radius 3 is 2.79 bits per heavy atom. The van der Waals surface area contributed by atoms with Crippen LogP contribution in [0, 0.1) is 11.8 Å². The second-order valence-corrected chi connectivity index (χ2v) is 3.49. The zero-order chi connectivity index (χ0) is 10.8. The summed E-state index contributed by atoms with van der Waals surface area (Å²) in [5.41, 5.74) is 0. The molecule has 0 saturated carbocycles. The van der Waals surface area contributed by atoms with Gasteiger partial charge in [-0.3, -0.25) is 0 Å². The number of ether oxygens (including phenoxy) is 1. The predicted molar refractivity (Wildman–Crippen MR) is 60.9 cm³/mol. The highest BCUT2D eigenvalue weighted by Crippen LogP contribution is 2.06. The van der Waals surface area contributed by atoms with Crippen molar-refractivity contribution in [1.82, 2.24) is 0 Å². The van der Waals surface area contributed by atoms with Crippen LogP contribution in [0.5, 0.6) is 0 Å². The summed E-state index contributed by atoms with van der Waals surface area (Å²) < 4.78 is 5.14. The van der Waals surface area contributed by atoms with Crippen LogP contribution in [0.1, 0.15) is 33.1 Å². The third-order valence-electron chi connectivity index (χ3n) is 1.43. The largest absolute Gasteiger partial charge is 0.462 e. The van der Waals surface area contributed by atoms with Crippen LogP contribution in [0.3, 0.4) is 0 Å². The van der Waals surface area contributed by atoms with E-state index >= 15 is 0 Å². The van der Waals surface area contributed by atoms with Gasteiger partial charge in [-0.15, -0.1) is 0 Å². The molecule has 0 aliphatic carbocycles. The lowest BCUT2D eigenvalue weighted by Crippen LogP contribution is -2.02. The Bertz CT molecular complexity index is 258. The highest BCUT2D eigenvalue weighted by molar-refractivity contribution is 9.12. The van der Waals surface area contributed by atoms with E-state index in [1.807, 2.05) is 0 Å². The fourth-order valence-corrected chi connectivity index (χ4v) is 0.940. The molecule has 0 amide bonds. The van der Waals surface area contributed by atoms with Crippen LogP contribution in [0.25, 0.3) is 0 Å². The molecule has 0 rings (SSSR count).